The van der Waals surface area contributed by atoms with Crippen molar-refractivity contribution in [2.45, 2.75) is 37.8 Å². The molecule has 1 heterocycles. The lowest BCUT2D eigenvalue weighted by atomic mass is 9.75. The Morgan fingerprint density at radius 1 is 1.55 bits per heavy atom. The highest BCUT2D eigenvalue weighted by molar-refractivity contribution is 5.88. The SMILES string of the molecule is COC(=O)N(C)c1cccc2c1CCC1(C2)N=C(N)OC1C. The summed E-state index contributed by atoms with van der Waals surface area (Å²) in [5, 5.41) is 0. The Morgan fingerprint density at radius 3 is 2.95 bits per heavy atom. The molecule has 0 aromatic heterocycles. The van der Waals surface area contributed by atoms with Crippen LogP contribution in [0.4, 0.5) is 10.5 Å². The van der Waals surface area contributed by atoms with Gasteiger partial charge in [0.15, 0.2) is 0 Å². The van der Waals surface area contributed by atoms with Crippen molar-refractivity contribution in [2.24, 2.45) is 10.7 Å². The van der Waals surface area contributed by atoms with Crippen molar-refractivity contribution in [2.75, 3.05) is 19.1 Å². The van der Waals surface area contributed by atoms with E-state index in [2.05, 4.69) is 11.1 Å². The first-order valence-corrected chi connectivity index (χ1v) is 7.41. The molecule has 22 heavy (non-hydrogen) atoms. The Bertz CT molecular complexity index is 644. The summed E-state index contributed by atoms with van der Waals surface area (Å²) in [7, 11) is 3.11. The van der Waals surface area contributed by atoms with Crippen molar-refractivity contribution in [1.29, 1.82) is 0 Å². The number of ether oxygens (including phenoxy) is 2. The molecule has 0 radical (unpaired) electrons. The molecule has 1 aromatic carbocycles. The minimum absolute atomic E-state index is 0.0253. The van der Waals surface area contributed by atoms with E-state index in [0.29, 0.717) is 0 Å². The van der Waals surface area contributed by atoms with Crippen LogP contribution in [0.1, 0.15) is 24.5 Å². The van der Waals surface area contributed by atoms with Crippen molar-refractivity contribution in [3.05, 3.63) is 29.3 Å². The number of benzene rings is 1. The molecule has 2 N–H and O–H groups in total. The number of amides is 1. The molecule has 1 aromatic rings. The van der Waals surface area contributed by atoms with E-state index in [1.54, 1.807) is 11.9 Å². The van der Waals surface area contributed by atoms with Crippen molar-refractivity contribution < 1.29 is 14.3 Å². The fourth-order valence-corrected chi connectivity index (χ4v) is 3.45. The number of carbonyl (C=O) groups is 1. The van der Waals surface area contributed by atoms with Gasteiger partial charge < -0.3 is 15.2 Å². The Balaban J connectivity index is 1.96. The zero-order chi connectivity index (χ0) is 15.9. The van der Waals surface area contributed by atoms with Crippen molar-refractivity contribution in [1.82, 2.24) is 0 Å². The maximum absolute atomic E-state index is 11.8. The van der Waals surface area contributed by atoms with E-state index >= 15 is 0 Å². The number of anilines is 1. The molecule has 1 aliphatic heterocycles. The number of amidine groups is 1. The first-order chi connectivity index (χ1) is 10.5. The Hall–Kier alpha value is -2.24. The van der Waals surface area contributed by atoms with E-state index < -0.39 is 0 Å². The smallest absolute Gasteiger partial charge is 0.413 e. The second kappa shape index (κ2) is 5.19. The molecule has 2 atom stereocenters. The van der Waals surface area contributed by atoms with Crippen LogP contribution in [0.3, 0.4) is 0 Å². The van der Waals surface area contributed by atoms with Gasteiger partial charge in [-0.25, -0.2) is 9.79 Å². The number of carbonyl (C=O) groups excluding carboxylic acids is 1. The summed E-state index contributed by atoms with van der Waals surface area (Å²) in [5.74, 6) is 0. The number of fused-ring (bicyclic) bond motifs is 1. The number of nitrogens with two attached hydrogens (primary N) is 1. The maximum Gasteiger partial charge on any atom is 0.413 e. The molecule has 0 saturated carbocycles. The van der Waals surface area contributed by atoms with Crippen LogP contribution in [0.5, 0.6) is 0 Å². The number of nitrogens with zero attached hydrogens (tertiary/aromatic N) is 2. The first-order valence-electron chi connectivity index (χ1n) is 7.41. The quantitative estimate of drug-likeness (QED) is 0.859. The second-order valence-corrected chi connectivity index (χ2v) is 5.93. The van der Waals surface area contributed by atoms with Crippen LogP contribution in [0.25, 0.3) is 0 Å². The van der Waals surface area contributed by atoms with E-state index in [-0.39, 0.29) is 23.8 Å². The molecule has 3 rings (SSSR count). The summed E-state index contributed by atoms with van der Waals surface area (Å²) < 4.78 is 10.4. The summed E-state index contributed by atoms with van der Waals surface area (Å²) in [6.45, 7) is 2.01. The third kappa shape index (κ3) is 2.19. The van der Waals surface area contributed by atoms with Gasteiger partial charge in [0.25, 0.3) is 6.02 Å². The molecule has 6 nitrogen and oxygen atoms in total. The van der Waals surface area contributed by atoms with Gasteiger partial charge in [-0.15, -0.1) is 0 Å². The lowest BCUT2D eigenvalue weighted by Crippen LogP contribution is -2.42. The van der Waals surface area contributed by atoms with Crippen LogP contribution >= 0.6 is 0 Å². The Kier molecular flexibility index (Phi) is 3.47. The molecular formula is C16H21N3O3. The van der Waals surface area contributed by atoms with Gasteiger partial charge in [-0.2, -0.15) is 0 Å². The summed E-state index contributed by atoms with van der Waals surface area (Å²) in [5.41, 5.74) is 8.72. The third-order valence-electron chi connectivity index (χ3n) is 4.75. The Labute approximate surface area is 129 Å². The second-order valence-electron chi connectivity index (χ2n) is 5.93. The molecule has 0 fully saturated rings. The van der Waals surface area contributed by atoms with Crippen LogP contribution in [0, 0.1) is 0 Å². The van der Waals surface area contributed by atoms with Crippen molar-refractivity contribution in [3.8, 4) is 0 Å². The van der Waals surface area contributed by atoms with E-state index in [1.165, 1.54) is 18.2 Å². The van der Waals surface area contributed by atoms with Gasteiger partial charge in [-0.1, -0.05) is 12.1 Å². The van der Waals surface area contributed by atoms with Crippen LogP contribution in [0.15, 0.2) is 23.2 Å². The molecule has 1 aliphatic carbocycles. The monoisotopic (exact) mass is 303 g/mol. The van der Waals surface area contributed by atoms with Crippen LogP contribution in [-0.4, -0.2) is 37.9 Å². The number of methoxy groups -OCH3 is 1. The molecule has 0 bridgehead atoms. The van der Waals surface area contributed by atoms with Crippen molar-refractivity contribution in [3.63, 3.8) is 0 Å². The standard InChI is InChI=1S/C16H21N3O3/c1-10-16(18-14(17)22-10)8-7-12-11(9-16)5-4-6-13(12)19(2)15(20)21-3/h4-6,10H,7-9H2,1-3H3,(H2,17,18). The van der Waals surface area contributed by atoms with E-state index in [9.17, 15) is 4.79 Å². The highest BCUT2D eigenvalue weighted by atomic mass is 16.5. The highest BCUT2D eigenvalue weighted by Gasteiger charge is 2.45. The molecule has 118 valence electrons. The van der Waals surface area contributed by atoms with Crippen LogP contribution in [0.2, 0.25) is 0 Å². The van der Waals surface area contributed by atoms with Gasteiger partial charge in [-0.05, 0) is 37.0 Å². The predicted octanol–water partition coefficient (Wildman–Crippen LogP) is 1.85. The number of hydrogen-bond acceptors (Lipinski definition) is 5. The fourth-order valence-electron chi connectivity index (χ4n) is 3.45. The van der Waals surface area contributed by atoms with E-state index in [1.807, 2.05) is 19.1 Å². The Morgan fingerprint density at radius 2 is 2.32 bits per heavy atom. The largest absolute Gasteiger partial charge is 0.460 e. The lowest BCUT2D eigenvalue weighted by molar-refractivity contribution is 0.140. The molecule has 2 unspecified atom stereocenters. The van der Waals surface area contributed by atoms with Gasteiger partial charge in [-0.3, -0.25) is 4.90 Å². The molecule has 0 saturated heterocycles. The number of aliphatic imine (C=N–C) groups is 1. The van der Waals surface area contributed by atoms with Crippen molar-refractivity contribution >= 4 is 17.8 Å². The predicted molar refractivity (Wildman–Crippen MR) is 84.2 cm³/mol. The average molecular weight is 303 g/mol. The topological polar surface area (TPSA) is 77.2 Å². The molecular weight excluding hydrogens is 282 g/mol. The lowest BCUT2D eigenvalue weighted by Gasteiger charge is -2.35. The minimum atomic E-state index is -0.367. The summed E-state index contributed by atoms with van der Waals surface area (Å²) >= 11 is 0. The van der Waals surface area contributed by atoms with Gasteiger partial charge in [0, 0.05) is 13.5 Å². The molecule has 6 heteroatoms. The first kappa shape index (κ1) is 14.7. The van der Waals surface area contributed by atoms with Crippen LogP contribution < -0.4 is 10.6 Å². The van der Waals surface area contributed by atoms with Gasteiger partial charge in [0.1, 0.15) is 11.6 Å². The van der Waals surface area contributed by atoms with E-state index in [4.69, 9.17) is 15.2 Å². The van der Waals surface area contributed by atoms with E-state index in [0.717, 1.165) is 24.9 Å². The summed E-state index contributed by atoms with van der Waals surface area (Å²) in [6.07, 6.45) is 2.06. The van der Waals surface area contributed by atoms with Crippen LogP contribution in [-0.2, 0) is 22.3 Å². The zero-order valence-electron chi connectivity index (χ0n) is 13.1. The maximum atomic E-state index is 11.8. The molecule has 1 spiro atoms. The van der Waals surface area contributed by atoms with Gasteiger partial charge >= 0.3 is 6.09 Å². The van der Waals surface area contributed by atoms with Gasteiger partial charge in [0.05, 0.1) is 12.8 Å². The highest BCUT2D eigenvalue weighted by Crippen LogP contribution is 2.41. The number of hydrogen-bond donors (Lipinski definition) is 1. The third-order valence-corrected chi connectivity index (χ3v) is 4.75. The minimum Gasteiger partial charge on any atom is -0.460 e. The normalized spacial score (nSPS) is 26.1. The summed E-state index contributed by atoms with van der Waals surface area (Å²) in [4.78, 5) is 17.9. The fraction of sp³-hybridized carbons (Fsp3) is 0.500. The number of rotatable bonds is 1. The van der Waals surface area contributed by atoms with Gasteiger partial charge in [0.2, 0.25) is 0 Å². The summed E-state index contributed by atoms with van der Waals surface area (Å²) in [6, 6.07) is 6.26. The molecule has 1 amide bonds. The average Bonchev–Trinajstić information content (AvgIpc) is 2.78. The zero-order valence-corrected chi connectivity index (χ0v) is 13.1. The molecule has 2 aliphatic rings.